The zero-order valence-corrected chi connectivity index (χ0v) is 20.0. The number of hydrogen-bond donors (Lipinski definition) is 3. The molecule has 2 aromatic heterocycles. The van der Waals surface area contributed by atoms with Crippen LogP contribution in [0.5, 0.6) is 5.88 Å². The Kier molecular flexibility index (Phi) is 6.72. The van der Waals surface area contributed by atoms with Crippen LogP contribution in [-0.2, 0) is 0 Å². The predicted molar refractivity (Wildman–Crippen MR) is 130 cm³/mol. The van der Waals surface area contributed by atoms with E-state index in [0.717, 1.165) is 11.9 Å². The minimum atomic E-state index is -1.19. The minimum absolute atomic E-state index is 0.140. The lowest BCUT2D eigenvalue weighted by molar-refractivity contribution is 0.0707. The van der Waals surface area contributed by atoms with E-state index in [9.17, 15) is 13.2 Å². The number of aryl methyl sites for hydroxylation is 1. The largest absolute Gasteiger partial charge is 0.471 e. The molecular weight excluding hydrogens is 501 g/mol. The van der Waals surface area contributed by atoms with Crippen LogP contribution in [0.25, 0.3) is 22.4 Å². The summed E-state index contributed by atoms with van der Waals surface area (Å²) in [6.07, 6.45) is -1.36. The topological polar surface area (TPSA) is 87.8 Å². The molecule has 1 aliphatic heterocycles. The first-order chi connectivity index (χ1) is 16.9. The van der Waals surface area contributed by atoms with E-state index in [1.54, 1.807) is 13.0 Å². The highest BCUT2D eigenvalue weighted by Gasteiger charge is 2.28. The molecule has 0 amide bonds. The molecule has 0 radical (unpaired) electrons. The maximum atomic E-state index is 14.9. The summed E-state index contributed by atoms with van der Waals surface area (Å²) >= 11 is 6.81. The van der Waals surface area contributed by atoms with Crippen molar-refractivity contribution in [1.82, 2.24) is 25.5 Å². The Morgan fingerprint density at radius 2 is 2.00 bits per heavy atom. The van der Waals surface area contributed by atoms with E-state index in [1.807, 2.05) is 0 Å². The van der Waals surface area contributed by atoms with Gasteiger partial charge in [0.1, 0.15) is 29.3 Å². The average Bonchev–Trinajstić information content (AvgIpc) is 3.22. The fourth-order valence-corrected chi connectivity index (χ4v) is 4.69. The minimum Gasteiger partial charge on any atom is -0.471 e. The Balaban J connectivity index is 1.42. The Morgan fingerprint density at radius 3 is 2.80 bits per heavy atom. The van der Waals surface area contributed by atoms with Gasteiger partial charge >= 0.3 is 0 Å². The van der Waals surface area contributed by atoms with Crippen molar-refractivity contribution in [1.29, 1.82) is 0 Å². The first-order valence-electron chi connectivity index (χ1n) is 10.8. The molecule has 12 heteroatoms. The summed E-state index contributed by atoms with van der Waals surface area (Å²) in [6.45, 7) is 2.63. The van der Waals surface area contributed by atoms with Gasteiger partial charge in [0.15, 0.2) is 11.5 Å². The van der Waals surface area contributed by atoms with Crippen molar-refractivity contribution in [3.05, 3.63) is 58.7 Å². The number of anilines is 1. The van der Waals surface area contributed by atoms with Crippen molar-refractivity contribution in [3.8, 4) is 17.3 Å². The molecular formula is C23H20ClF3N6OS. The number of nitrogens with one attached hydrogen (secondary N) is 3. The van der Waals surface area contributed by atoms with E-state index in [1.165, 1.54) is 30.3 Å². The standard InChI is InChI=1S/C23H20ClF3N6OS/c1-11-20-22(32-31-11)29-21(30-23(20)34-18-6-7-28-10-16(18)27)12-2-5-17(15(26)8-12)33-35-19-9-13(24)3-4-14(19)25/h2-5,8-9,16,18,28,33H,6-7,10H2,1H3,(H,29,30,31,32). The number of hydrogen-bond acceptors (Lipinski definition) is 7. The van der Waals surface area contributed by atoms with E-state index in [-0.39, 0.29) is 28.8 Å². The molecule has 2 unspecified atom stereocenters. The SMILES string of the molecule is Cc1[nH]nc2nc(-c3ccc(NSc4cc(Cl)ccc4F)c(F)c3)nc(OC3CCNCC3F)c12. The molecule has 1 aliphatic rings. The van der Waals surface area contributed by atoms with E-state index in [2.05, 4.69) is 30.2 Å². The van der Waals surface area contributed by atoms with Gasteiger partial charge < -0.3 is 14.8 Å². The van der Waals surface area contributed by atoms with E-state index >= 15 is 0 Å². The summed E-state index contributed by atoms with van der Waals surface area (Å²) in [5.41, 5.74) is 1.53. The first-order valence-corrected chi connectivity index (χ1v) is 12.0. The van der Waals surface area contributed by atoms with Gasteiger partial charge in [-0.2, -0.15) is 10.1 Å². The molecule has 0 saturated carbocycles. The van der Waals surface area contributed by atoms with Gasteiger partial charge in [0.25, 0.3) is 0 Å². The van der Waals surface area contributed by atoms with Crippen molar-refractivity contribution >= 4 is 40.3 Å². The van der Waals surface area contributed by atoms with E-state index < -0.39 is 23.9 Å². The third-order valence-corrected chi connectivity index (χ3v) is 6.65. The van der Waals surface area contributed by atoms with Crippen LogP contribution in [0.4, 0.5) is 18.9 Å². The van der Waals surface area contributed by atoms with Gasteiger partial charge in [0, 0.05) is 22.8 Å². The Hall–Kier alpha value is -3.02. The number of aromatic amines is 1. The second-order valence-electron chi connectivity index (χ2n) is 8.04. The molecule has 182 valence electrons. The van der Waals surface area contributed by atoms with Gasteiger partial charge in [0.05, 0.1) is 10.6 Å². The molecule has 1 fully saturated rings. The summed E-state index contributed by atoms with van der Waals surface area (Å²) < 4.78 is 52.0. The van der Waals surface area contributed by atoms with Gasteiger partial charge in [-0.25, -0.2) is 18.2 Å². The van der Waals surface area contributed by atoms with Crippen molar-refractivity contribution in [2.24, 2.45) is 0 Å². The van der Waals surface area contributed by atoms with Crippen LogP contribution in [0.3, 0.4) is 0 Å². The van der Waals surface area contributed by atoms with Crippen LogP contribution in [0.15, 0.2) is 41.3 Å². The molecule has 7 nitrogen and oxygen atoms in total. The fourth-order valence-electron chi connectivity index (χ4n) is 3.72. The van der Waals surface area contributed by atoms with Gasteiger partial charge in [-0.15, -0.1) is 0 Å². The third-order valence-electron chi connectivity index (χ3n) is 5.56. The van der Waals surface area contributed by atoms with Gasteiger partial charge in [-0.1, -0.05) is 11.6 Å². The van der Waals surface area contributed by atoms with Crippen molar-refractivity contribution < 1.29 is 17.9 Å². The molecule has 35 heavy (non-hydrogen) atoms. The summed E-state index contributed by atoms with van der Waals surface area (Å²) in [5.74, 6) is -0.691. The van der Waals surface area contributed by atoms with Crippen LogP contribution in [0.1, 0.15) is 12.1 Å². The highest BCUT2D eigenvalue weighted by molar-refractivity contribution is 8.00. The summed E-state index contributed by atoms with van der Waals surface area (Å²) in [6, 6.07) is 8.49. The number of piperidine rings is 1. The Bertz CT molecular complexity index is 1390. The molecule has 5 rings (SSSR count). The molecule has 0 aliphatic carbocycles. The number of alkyl halides is 1. The van der Waals surface area contributed by atoms with Gasteiger partial charge in [0.2, 0.25) is 5.88 Å². The molecule has 0 bridgehead atoms. The third kappa shape index (κ3) is 5.02. The van der Waals surface area contributed by atoms with Crippen LogP contribution in [0, 0.1) is 18.6 Å². The number of halogens is 4. The fraction of sp³-hybridized carbons (Fsp3) is 0.261. The van der Waals surface area contributed by atoms with Crippen LogP contribution >= 0.6 is 23.5 Å². The second kappa shape index (κ2) is 9.92. The predicted octanol–water partition coefficient (Wildman–Crippen LogP) is 5.46. The Labute approximate surface area is 208 Å². The average molecular weight is 521 g/mol. The number of fused-ring (bicyclic) bond motifs is 1. The number of aromatic nitrogens is 4. The normalized spacial score (nSPS) is 18.1. The van der Waals surface area contributed by atoms with Crippen LogP contribution in [-0.4, -0.2) is 45.5 Å². The number of rotatable bonds is 6. The zero-order chi connectivity index (χ0) is 24.5. The van der Waals surface area contributed by atoms with E-state index in [4.69, 9.17) is 16.3 Å². The molecule has 2 aromatic carbocycles. The van der Waals surface area contributed by atoms with Crippen molar-refractivity contribution in [3.63, 3.8) is 0 Å². The lowest BCUT2D eigenvalue weighted by Gasteiger charge is -2.27. The lowest BCUT2D eigenvalue weighted by Crippen LogP contribution is -2.44. The molecule has 0 spiro atoms. The lowest BCUT2D eigenvalue weighted by atomic mass is 10.1. The summed E-state index contributed by atoms with van der Waals surface area (Å²) in [7, 11) is 0. The highest BCUT2D eigenvalue weighted by atomic mass is 35.5. The second-order valence-corrected chi connectivity index (χ2v) is 9.32. The molecule has 1 saturated heterocycles. The number of ether oxygens (including phenoxy) is 1. The van der Waals surface area contributed by atoms with Crippen molar-refractivity contribution in [2.45, 2.75) is 30.5 Å². The Morgan fingerprint density at radius 1 is 1.14 bits per heavy atom. The molecule has 2 atom stereocenters. The molecule has 4 aromatic rings. The molecule has 3 N–H and O–H groups in total. The maximum Gasteiger partial charge on any atom is 0.229 e. The van der Waals surface area contributed by atoms with Crippen molar-refractivity contribution in [2.75, 3.05) is 17.8 Å². The quantitative estimate of drug-likeness (QED) is 0.291. The summed E-state index contributed by atoms with van der Waals surface area (Å²) in [5, 5.41) is 10.9. The van der Waals surface area contributed by atoms with E-state index in [0.29, 0.717) is 40.3 Å². The van der Waals surface area contributed by atoms with Crippen LogP contribution in [0.2, 0.25) is 5.02 Å². The van der Waals surface area contributed by atoms with Gasteiger partial charge in [-0.05, 0) is 68.2 Å². The first kappa shape index (κ1) is 23.7. The monoisotopic (exact) mass is 520 g/mol. The number of benzene rings is 2. The number of H-pyrrole nitrogens is 1. The highest BCUT2D eigenvalue weighted by Crippen LogP contribution is 2.32. The smallest absolute Gasteiger partial charge is 0.229 e. The maximum absolute atomic E-state index is 14.9. The van der Waals surface area contributed by atoms with Crippen LogP contribution < -0.4 is 14.8 Å². The van der Waals surface area contributed by atoms with Gasteiger partial charge in [-0.3, -0.25) is 5.10 Å². The number of nitrogens with zero attached hydrogens (tertiary/aromatic N) is 3. The molecule has 3 heterocycles. The zero-order valence-electron chi connectivity index (χ0n) is 18.4. The summed E-state index contributed by atoms with van der Waals surface area (Å²) in [4.78, 5) is 9.14.